The predicted octanol–water partition coefficient (Wildman–Crippen LogP) is 10.1. The van der Waals surface area contributed by atoms with Crippen LogP contribution < -0.4 is 10.9 Å². The van der Waals surface area contributed by atoms with Gasteiger partial charge in [0.25, 0.3) is 0 Å². The lowest BCUT2D eigenvalue weighted by atomic mass is 9.09. The van der Waals surface area contributed by atoms with E-state index in [0.29, 0.717) is 0 Å². The molecule has 0 N–H and O–H groups in total. The zero-order valence-electron chi connectivity index (χ0n) is 30.2. The van der Waals surface area contributed by atoms with Crippen molar-refractivity contribution in [3.8, 4) is 0 Å². The van der Waals surface area contributed by atoms with Crippen LogP contribution in [0, 0.1) is 87.3 Å². The number of benzene rings is 5. The molecule has 0 saturated carbocycles. The number of halogens is 15. The van der Waals surface area contributed by atoms with Gasteiger partial charge in [-0.05, 0) is 30.4 Å². The molecule has 0 atom stereocenters. The number of rotatable bonds is 7. The summed E-state index contributed by atoms with van der Waals surface area (Å²) in [5, 5.41) is -1.05. The van der Waals surface area contributed by atoms with Crippen molar-refractivity contribution in [2.45, 2.75) is 33.7 Å². The van der Waals surface area contributed by atoms with Crippen LogP contribution in [0.25, 0.3) is 17.0 Å². The number of hydrogen-bond donors (Lipinski definition) is 0. The highest BCUT2D eigenvalue weighted by atomic mass is 19.2. The second-order valence-electron chi connectivity index (χ2n) is 13.9. The van der Waals surface area contributed by atoms with Crippen molar-refractivity contribution in [3.05, 3.63) is 170 Å². The Balaban J connectivity index is 2.18. The third-order valence-corrected chi connectivity index (χ3v) is 10.2. The first kappa shape index (κ1) is 41.9. The van der Waals surface area contributed by atoms with Gasteiger partial charge in [-0.3, -0.25) is 0 Å². The topological polar surface area (TPSA) is 3.01 Å². The van der Waals surface area contributed by atoms with E-state index in [1.165, 1.54) is 80.7 Å². The molecule has 58 heavy (non-hydrogen) atoms. The fourth-order valence-electron chi connectivity index (χ4n) is 8.16. The Hall–Kier alpha value is -5.67. The van der Waals surface area contributed by atoms with Crippen LogP contribution in [0.15, 0.2) is 66.0 Å². The van der Waals surface area contributed by atoms with Gasteiger partial charge in [-0.2, -0.15) is 10.8 Å². The van der Waals surface area contributed by atoms with Gasteiger partial charge >= 0.3 is 6.85 Å². The fourth-order valence-corrected chi connectivity index (χ4v) is 8.16. The maximum atomic E-state index is 16.9. The van der Waals surface area contributed by atoms with E-state index in [1.807, 2.05) is 0 Å². The van der Waals surface area contributed by atoms with Crippen LogP contribution in [0.4, 0.5) is 65.9 Å². The first-order valence-electron chi connectivity index (χ1n) is 17.1. The molecule has 1 heterocycles. The molecule has 0 fully saturated rings. The molecule has 300 valence electrons. The van der Waals surface area contributed by atoms with Crippen LogP contribution in [0.5, 0.6) is 0 Å². The first-order valence-corrected chi connectivity index (χ1v) is 17.1. The van der Waals surface area contributed by atoms with Crippen molar-refractivity contribution < 1.29 is 70.3 Å². The Labute approximate surface area is 320 Å². The molecule has 5 aromatic rings. The minimum absolute atomic E-state index is 0.144. The van der Waals surface area contributed by atoms with Crippen LogP contribution in [0.3, 0.4) is 0 Å². The predicted molar refractivity (Wildman–Crippen MR) is 189 cm³/mol. The van der Waals surface area contributed by atoms with E-state index in [9.17, 15) is 13.2 Å². The lowest BCUT2D eigenvalue weighted by molar-refractivity contribution is -0.425. The molecule has 1 nitrogen and oxygen atoms in total. The Morgan fingerprint density at radius 2 is 0.845 bits per heavy atom. The normalized spacial score (nSPS) is 14.7. The average Bonchev–Trinajstić information content (AvgIpc) is 3.45. The van der Waals surface area contributed by atoms with Gasteiger partial charge in [-0.25, -0.2) is 65.9 Å². The highest BCUT2D eigenvalue weighted by Gasteiger charge is 2.61. The summed E-state index contributed by atoms with van der Waals surface area (Å²) in [4.78, 5) is 0. The zero-order valence-corrected chi connectivity index (χ0v) is 30.2. The summed E-state index contributed by atoms with van der Waals surface area (Å²) in [5.74, 6) is -43.3. The third-order valence-electron chi connectivity index (χ3n) is 10.2. The molecular formula is C40H24B2F15N. The summed E-state index contributed by atoms with van der Waals surface area (Å²) < 4.78 is 240. The molecule has 0 radical (unpaired) electrons. The van der Waals surface area contributed by atoms with Crippen molar-refractivity contribution in [3.63, 3.8) is 0 Å². The van der Waals surface area contributed by atoms with Crippen molar-refractivity contribution >= 4 is 46.7 Å². The standard InChI is InChI=1S/C40H24B2F15N/c1-16(2)58(17(3)4)41-20(15-18-11-7-5-8-12-18)42(24-28(45)34(51)39(56)35(52)29(24)46,25-30(47)36(53)40(57)37(54)31(25)48)23(22(41)19-13-9-6-10-14-19)21-26(43)32(49)38(55)33(50)27(21)44/h5-16H,1-4H3/b20-15-. The van der Waals surface area contributed by atoms with Crippen LogP contribution in [-0.4, -0.2) is 29.2 Å². The van der Waals surface area contributed by atoms with Crippen molar-refractivity contribution in [1.29, 1.82) is 0 Å². The summed E-state index contributed by atoms with van der Waals surface area (Å²) in [6, 6.07) is 11.5. The molecule has 5 aromatic carbocycles. The molecule has 0 spiro atoms. The highest BCUT2D eigenvalue weighted by Crippen LogP contribution is 2.52. The van der Waals surface area contributed by atoms with Crippen LogP contribution >= 0.6 is 0 Å². The van der Waals surface area contributed by atoms with Gasteiger partial charge < -0.3 is 4.49 Å². The Morgan fingerprint density at radius 3 is 1.21 bits per heavy atom. The molecule has 18 heteroatoms. The lowest BCUT2D eigenvalue weighted by Gasteiger charge is -2.44. The molecule has 0 aliphatic carbocycles. The minimum atomic E-state index is -5.59. The van der Waals surface area contributed by atoms with E-state index in [0.717, 1.165) is 18.2 Å². The SMILES string of the molecule is CC(C)=[N+](B1C(c2ccccc2)=C(c2c(F)c(F)c(F)c(F)c2F)[B-](c2c(F)c(F)c(F)c(F)c2F)(c2c(F)c(F)c(F)c(F)c2F)/C1=C\c1ccccc1)C(C)C. The monoisotopic (exact) mass is 825 g/mol. The van der Waals surface area contributed by atoms with Gasteiger partial charge in [0.1, 0.15) is 41.2 Å². The molecule has 6 rings (SSSR count). The average molecular weight is 825 g/mol. The summed E-state index contributed by atoms with van der Waals surface area (Å²) in [6.45, 7) is 3.59. The third kappa shape index (κ3) is 6.05. The van der Waals surface area contributed by atoms with E-state index in [-0.39, 0.29) is 16.8 Å². The van der Waals surface area contributed by atoms with Gasteiger partial charge in [0.05, 0.1) is 0 Å². The van der Waals surface area contributed by atoms with Crippen LogP contribution in [0.2, 0.25) is 0 Å². The second-order valence-corrected chi connectivity index (χ2v) is 13.9. The van der Waals surface area contributed by atoms with E-state index in [2.05, 4.69) is 0 Å². The van der Waals surface area contributed by atoms with Crippen LogP contribution in [0.1, 0.15) is 44.4 Å². The fraction of sp³-hybridized carbons (Fsp3) is 0.125. The molecule has 0 saturated heterocycles. The smallest absolute Gasteiger partial charge is 0.315 e. The summed E-state index contributed by atoms with van der Waals surface area (Å²) in [7, 11) is 0. The van der Waals surface area contributed by atoms with Gasteiger partial charge in [0.2, 0.25) is 5.82 Å². The highest BCUT2D eigenvalue weighted by molar-refractivity contribution is 7.32. The number of nitrogens with zero attached hydrogens (tertiary/aromatic N) is 1. The van der Waals surface area contributed by atoms with E-state index < -0.39 is 139 Å². The maximum Gasteiger partial charge on any atom is 0.508 e. The summed E-state index contributed by atoms with van der Waals surface area (Å²) >= 11 is 0. The zero-order chi connectivity index (χ0) is 42.9. The molecule has 0 bridgehead atoms. The van der Waals surface area contributed by atoms with E-state index in [1.54, 1.807) is 0 Å². The van der Waals surface area contributed by atoms with Crippen molar-refractivity contribution in [2.24, 2.45) is 0 Å². The van der Waals surface area contributed by atoms with Gasteiger partial charge in [-0.15, -0.1) is 10.9 Å². The Morgan fingerprint density at radius 1 is 0.500 bits per heavy atom. The molecular weight excluding hydrogens is 801 g/mol. The number of hydrogen-bond acceptors (Lipinski definition) is 0. The minimum Gasteiger partial charge on any atom is -0.315 e. The van der Waals surface area contributed by atoms with E-state index in [4.69, 9.17) is 0 Å². The van der Waals surface area contributed by atoms with Gasteiger partial charge in [0.15, 0.2) is 58.2 Å². The molecule has 0 unspecified atom stereocenters. The quantitative estimate of drug-likeness (QED) is 0.0506. The summed E-state index contributed by atoms with van der Waals surface area (Å²) in [5.41, 5.74) is -10.1. The van der Waals surface area contributed by atoms with Gasteiger partial charge in [-0.1, -0.05) is 66.7 Å². The summed E-state index contributed by atoms with van der Waals surface area (Å²) in [6.07, 6.45) is -4.80. The molecule has 0 amide bonds. The van der Waals surface area contributed by atoms with Crippen molar-refractivity contribution in [1.82, 2.24) is 0 Å². The van der Waals surface area contributed by atoms with Crippen LogP contribution in [-0.2, 0) is 0 Å². The van der Waals surface area contributed by atoms with E-state index >= 15 is 52.7 Å². The second kappa shape index (κ2) is 15.3. The Kier molecular flexibility index (Phi) is 11.0. The Bertz CT molecular complexity index is 2460. The molecule has 1 aliphatic rings. The van der Waals surface area contributed by atoms with Crippen molar-refractivity contribution in [2.75, 3.05) is 0 Å². The molecule has 1 aliphatic heterocycles. The first-order chi connectivity index (χ1) is 27.2. The maximum absolute atomic E-state index is 16.9. The van der Waals surface area contributed by atoms with Gasteiger partial charge in [0, 0.05) is 19.4 Å². The molecule has 0 aromatic heterocycles. The lowest BCUT2D eigenvalue weighted by Crippen LogP contribution is -2.67. The largest absolute Gasteiger partial charge is 0.508 e.